The second-order valence-corrected chi connectivity index (χ2v) is 7.06. The van der Waals surface area contributed by atoms with E-state index in [1.165, 1.54) is 17.7 Å². The number of nitrogens with one attached hydrogen (secondary N) is 1. The quantitative estimate of drug-likeness (QED) is 0.750. The number of amides is 2. The molecule has 0 aromatic heterocycles. The molecule has 2 aromatic carbocycles. The van der Waals surface area contributed by atoms with E-state index in [0.29, 0.717) is 13.0 Å². The summed E-state index contributed by atoms with van der Waals surface area (Å²) in [5, 5.41) is 2.81. The van der Waals surface area contributed by atoms with Gasteiger partial charge in [-0.2, -0.15) is 0 Å². The van der Waals surface area contributed by atoms with Gasteiger partial charge in [-0.3, -0.25) is 9.59 Å². The first-order valence-electron chi connectivity index (χ1n) is 9.73. The van der Waals surface area contributed by atoms with Gasteiger partial charge in [-0.15, -0.1) is 0 Å². The third kappa shape index (κ3) is 5.65. The van der Waals surface area contributed by atoms with Gasteiger partial charge in [0.15, 0.2) is 0 Å². The van der Waals surface area contributed by atoms with Gasteiger partial charge in [0.1, 0.15) is 11.9 Å². The molecular weight excluding hydrogens is 355 g/mol. The Labute approximate surface area is 166 Å². The maximum Gasteiger partial charge on any atom is 0.242 e. The zero-order valence-electron chi connectivity index (χ0n) is 17.1. The second-order valence-electron chi connectivity index (χ2n) is 7.06. The first-order chi connectivity index (χ1) is 13.3. The van der Waals surface area contributed by atoms with Gasteiger partial charge < -0.3 is 10.2 Å². The van der Waals surface area contributed by atoms with Crippen molar-refractivity contribution in [1.29, 1.82) is 0 Å². The zero-order chi connectivity index (χ0) is 20.7. The first-order valence-corrected chi connectivity index (χ1v) is 9.73. The minimum atomic E-state index is -0.566. The van der Waals surface area contributed by atoms with E-state index in [1.54, 1.807) is 17.0 Å². The number of aryl methyl sites for hydroxylation is 2. The van der Waals surface area contributed by atoms with Crippen LogP contribution >= 0.6 is 0 Å². The molecule has 0 aliphatic carbocycles. The van der Waals surface area contributed by atoms with Crippen LogP contribution in [0.15, 0.2) is 42.5 Å². The molecule has 0 spiro atoms. The van der Waals surface area contributed by atoms with Crippen LogP contribution in [-0.2, 0) is 22.6 Å². The Kier molecular flexibility index (Phi) is 7.73. The number of rotatable bonds is 8. The van der Waals surface area contributed by atoms with Crippen LogP contribution in [0.1, 0.15) is 42.5 Å². The highest BCUT2D eigenvalue weighted by Crippen LogP contribution is 2.17. The Morgan fingerprint density at radius 2 is 1.64 bits per heavy atom. The molecule has 2 amide bonds. The number of carbonyl (C=O) groups excluding carboxylic acids is 2. The van der Waals surface area contributed by atoms with Gasteiger partial charge in [-0.1, -0.05) is 37.3 Å². The fourth-order valence-electron chi connectivity index (χ4n) is 3.19. The van der Waals surface area contributed by atoms with E-state index >= 15 is 0 Å². The molecule has 0 fully saturated rings. The number of nitrogens with zero attached hydrogens (tertiary/aromatic N) is 1. The van der Waals surface area contributed by atoms with E-state index in [2.05, 4.69) is 5.32 Å². The maximum absolute atomic E-state index is 13.2. The molecule has 1 atom stereocenters. The summed E-state index contributed by atoms with van der Waals surface area (Å²) in [6, 6.07) is 11.4. The van der Waals surface area contributed by atoms with Crippen molar-refractivity contribution in [2.75, 3.05) is 6.54 Å². The summed E-state index contributed by atoms with van der Waals surface area (Å²) in [4.78, 5) is 27.3. The average molecular weight is 384 g/mol. The fourth-order valence-corrected chi connectivity index (χ4v) is 3.19. The van der Waals surface area contributed by atoms with Crippen molar-refractivity contribution in [1.82, 2.24) is 10.2 Å². The zero-order valence-corrected chi connectivity index (χ0v) is 17.1. The Hall–Kier alpha value is -2.69. The number of hydrogen-bond acceptors (Lipinski definition) is 2. The predicted molar refractivity (Wildman–Crippen MR) is 109 cm³/mol. The van der Waals surface area contributed by atoms with Crippen molar-refractivity contribution in [2.24, 2.45) is 0 Å². The average Bonchev–Trinajstić information content (AvgIpc) is 2.66. The van der Waals surface area contributed by atoms with Crippen molar-refractivity contribution in [3.05, 3.63) is 70.5 Å². The normalized spacial score (nSPS) is 11.8. The van der Waals surface area contributed by atoms with Crippen molar-refractivity contribution in [2.45, 2.75) is 53.1 Å². The summed E-state index contributed by atoms with van der Waals surface area (Å²) < 4.78 is 13.2. The van der Waals surface area contributed by atoms with Crippen LogP contribution in [0, 0.1) is 19.7 Å². The molecule has 0 aliphatic rings. The molecule has 0 bridgehead atoms. The number of benzene rings is 2. The predicted octanol–water partition coefficient (Wildman–Crippen LogP) is 3.93. The highest BCUT2D eigenvalue weighted by molar-refractivity contribution is 5.88. The van der Waals surface area contributed by atoms with Gasteiger partial charge in [-0.25, -0.2) is 4.39 Å². The topological polar surface area (TPSA) is 49.4 Å². The Bertz CT molecular complexity index is 818. The van der Waals surface area contributed by atoms with E-state index < -0.39 is 6.04 Å². The Balaban J connectivity index is 2.28. The lowest BCUT2D eigenvalue weighted by Crippen LogP contribution is -2.49. The van der Waals surface area contributed by atoms with Gasteiger partial charge in [0, 0.05) is 13.1 Å². The third-order valence-corrected chi connectivity index (χ3v) is 4.93. The third-order valence-electron chi connectivity index (χ3n) is 4.93. The highest BCUT2D eigenvalue weighted by atomic mass is 19.1. The van der Waals surface area contributed by atoms with E-state index in [-0.39, 0.29) is 30.6 Å². The minimum absolute atomic E-state index is 0.120. The van der Waals surface area contributed by atoms with E-state index in [4.69, 9.17) is 0 Å². The number of likely N-dealkylation sites (N-methyl/N-ethyl adjacent to an activating group) is 1. The van der Waals surface area contributed by atoms with Crippen molar-refractivity contribution in [3.63, 3.8) is 0 Å². The highest BCUT2D eigenvalue weighted by Gasteiger charge is 2.28. The Morgan fingerprint density at radius 3 is 2.21 bits per heavy atom. The van der Waals surface area contributed by atoms with Crippen LogP contribution in [0.5, 0.6) is 0 Å². The van der Waals surface area contributed by atoms with Gasteiger partial charge in [0.05, 0.1) is 6.42 Å². The smallest absolute Gasteiger partial charge is 0.242 e. The molecule has 0 aliphatic heterocycles. The summed E-state index contributed by atoms with van der Waals surface area (Å²) in [6.45, 7) is 8.56. The molecule has 2 rings (SSSR count). The lowest BCUT2D eigenvalue weighted by Gasteiger charge is -2.30. The molecule has 1 N–H and O–H groups in total. The summed E-state index contributed by atoms with van der Waals surface area (Å²) in [7, 11) is 0. The molecule has 5 heteroatoms. The van der Waals surface area contributed by atoms with Crippen LogP contribution in [0.3, 0.4) is 0 Å². The molecule has 28 heavy (non-hydrogen) atoms. The van der Waals surface area contributed by atoms with Crippen molar-refractivity contribution < 1.29 is 14.0 Å². The maximum atomic E-state index is 13.2. The van der Waals surface area contributed by atoms with Gasteiger partial charge in [0.2, 0.25) is 11.8 Å². The van der Waals surface area contributed by atoms with Crippen molar-refractivity contribution in [3.8, 4) is 0 Å². The standard InChI is InChI=1S/C23H29FN2O2/c1-5-21(23(28)25-6-2)26(15-18-9-11-20(24)12-10-18)22(27)14-19-8-7-16(3)17(4)13-19/h7-13,21H,5-6,14-15H2,1-4H3,(H,25,28)/t21-/m0/s1. The minimum Gasteiger partial charge on any atom is -0.355 e. The molecule has 0 saturated heterocycles. The number of halogens is 1. The largest absolute Gasteiger partial charge is 0.355 e. The van der Waals surface area contributed by atoms with Crippen molar-refractivity contribution >= 4 is 11.8 Å². The summed E-state index contributed by atoms with van der Waals surface area (Å²) in [5.74, 6) is -0.612. The summed E-state index contributed by atoms with van der Waals surface area (Å²) in [6.07, 6.45) is 0.726. The lowest BCUT2D eigenvalue weighted by molar-refractivity contribution is -0.140. The molecule has 0 saturated carbocycles. The number of carbonyl (C=O) groups is 2. The lowest BCUT2D eigenvalue weighted by atomic mass is 10.0. The van der Waals surface area contributed by atoms with E-state index in [0.717, 1.165) is 16.7 Å². The van der Waals surface area contributed by atoms with Gasteiger partial charge >= 0.3 is 0 Å². The van der Waals surface area contributed by atoms with Crippen LogP contribution in [0.4, 0.5) is 4.39 Å². The summed E-state index contributed by atoms with van der Waals surface area (Å²) >= 11 is 0. The first kappa shape index (κ1) is 21.6. The van der Waals surface area contributed by atoms with Crippen LogP contribution < -0.4 is 5.32 Å². The van der Waals surface area contributed by atoms with E-state index in [9.17, 15) is 14.0 Å². The van der Waals surface area contributed by atoms with Crippen LogP contribution in [0.25, 0.3) is 0 Å². The monoisotopic (exact) mass is 384 g/mol. The second kappa shape index (κ2) is 10.0. The summed E-state index contributed by atoms with van der Waals surface area (Å²) in [5.41, 5.74) is 4.01. The van der Waals surface area contributed by atoms with Gasteiger partial charge in [-0.05, 0) is 61.6 Å². The van der Waals surface area contributed by atoms with E-state index in [1.807, 2.05) is 45.9 Å². The molecule has 2 aromatic rings. The SMILES string of the molecule is CCNC(=O)[C@H](CC)N(Cc1ccc(F)cc1)C(=O)Cc1ccc(C)c(C)c1. The molecule has 150 valence electrons. The van der Waals surface area contributed by atoms with Crippen LogP contribution in [0.2, 0.25) is 0 Å². The Morgan fingerprint density at radius 1 is 1.00 bits per heavy atom. The van der Waals surface area contributed by atoms with Crippen LogP contribution in [-0.4, -0.2) is 29.3 Å². The molecule has 0 heterocycles. The molecular formula is C23H29FN2O2. The molecule has 0 radical (unpaired) electrons. The molecule has 0 unspecified atom stereocenters. The number of hydrogen-bond donors (Lipinski definition) is 1. The van der Waals surface area contributed by atoms with Gasteiger partial charge in [0.25, 0.3) is 0 Å². The molecule has 4 nitrogen and oxygen atoms in total. The fraction of sp³-hybridized carbons (Fsp3) is 0.391.